The minimum Gasteiger partial charge on any atom is -0.479 e. The summed E-state index contributed by atoms with van der Waals surface area (Å²) in [5, 5.41) is 23.7. The lowest BCUT2D eigenvalue weighted by atomic mass is 10.0. The van der Waals surface area contributed by atoms with Crippen molar-refractivity contribution in [3.8, 4) is 11.4 Å². The van der Waals surface area contributed by atoms with E-state index in [1.165, 1.54) is 14.0 Å². The lowest BCUT2D eigenvalue weighted by molar-refractivity contribution is -0.149. The van der Waals surface area contributed by atoms with E-state index in [2.05, 4.69) is 20.7 Å². The molecule has 24 heavy (non-hydrogen) atoms. The number of benzene rings is 1. The molecule has 1 amide bonds. The fraction of sp³-hybridized carbons (Fsp3) is 0.400. The van der Waals surface area contributed by atoms with Crippen molar-refractivity contribution in [2.24, 2.45) is 0 Å². The van der Waals surface area contributed by atoms with Crippen LogP contribution in [-0.4, -0.2) is 56.4 Å². The molecule has 0 spiro atoms. The van der Waals surface area contributed by atoms with Crippen LogP contribution < -0.4 is 5.32 Å². The summed E-state index contributed by atoms with van der Waals surface area (Å²) < 4.78 is 4.87. The Morgan fingerprint density at radius 1 is 1.38 bits per heavy atom. The van der Waals surface area contributed by atoms with E-state index in [0.717, 1.165) is 10.4 Å². The van der Waals surface area contributed by atoms with Gasteiger partial charge in [0.05, 0.1) is 6.61 Å². The number of hydrogen-bond donors (Lipinski definition) is 2. The molecule has 0 fully saturated rings. The highest BCUT2D eigenvalue weighted by atomic mass is 16.5. The number of hydrogen-bond acceptors (Lipinski definition) is 6. The summed E-state index contributed by atoms with van der Waals surface area (Å²) in [6, 6.07) is 8.38. The molecule has 9 heteroatoms. The van der Waals surface area contributed by atoms with E-state index in [-0.39, 0.29) is 6.61 Å². The average Bonchev–Trinajstić information content (AvgIpc) is 3.05. The first-order chi connectivity index (χ1) is 11.4. The summed E-state index contributed by atoms with van der Waals surface area (Å²) in [7, 11) is 1.36. The minimum atomic E-state index is -1.54. The Morgan fingerprint density at radius 2 is 2.04 bits per heavy atom. The zero-order valence-corrected chi connectivity index (χ0v) is 13.6. The molecule has 0 aliphatic carbocycles. The quantitative estimate of drug-likeness (QED) is 0.757. The smallest absolute Gasteiger partial charge is 0.331 e. The Bertz CT molecular complexity index is 718. The van der Waals surface area contributed by atoms with E-state index in [0.29, 0.717) is 5.82 Å². The summed E-state index contributed by atoms with van der Waals surface area (Å²) in [5.41, 5.74) is -0.769. The van der Waals surface area contributed by atoms with Crippen LogP contribution in [0.15, 0.2) is 30.3 Å². The van der Waals surface area contributed by atoms with Gasteiger partial charge in [0.25, 0.3) is 0 Å². The van der Waals surface area contributed by atoms with Gasteiger partial charge in [-0.3, -0.25) is 4.79 Å². The Labute approximate surface area is 138 Å². The van der Waals surface area contributed by atoms with Gasteiger partial charge in [0.1, 0.15) is 6.04 Å². The van der Waals surface area contributed by atoms with Crippen LogP contribution in [0.5, 0.6) is 0 Å². The number of rotatable bonds is 7. The molecule has 1 aromatic heterocycles. The lowest BCUT2D eigenvalue weighted by Gasteiger charge is -2.26. The molecule has 1 aromatic carbocycles. The largest absolute Gasteiger partial charge is 0.479 e. The zero-order chi connectivity index (χ0) is 17.7. The number of ether oxygens (including phenoxy) is 1. The number of carbonyl (C=O) groups excluding carboxylic acids is 1. The Balaban J connectivity index is 2.14. The summed E-state index contributed by atoms with van der Waals surface area (Å²) >= 11 is 0. The van der Waals surface area contributed by atoms with Gasteiger partial charge in [-0.25, -0.2) is 4.79 Å². The number of amides is 1. The SMILES string of the molecule is COCC(C)(NC(=O)C(C)n1nnc(-c2ccccc2)n1)C(=O)O. The van der Waals surface area contributed by atoms with Crippen LogP contribution in [0.2, 0.25) is 0 Å². The molecule has 0 saturated heterocycles. The van der Waals surface area contributed by atoms with Gasteiger partial charge in [-0.05, 0) is 19.1 Å². The molecule has 0 aliphatic rings. The molecule has 9 nitrogen and oxygen atoms in total. The number of carboxylic acids is 1. The topological polar surface area (TPSA) is 119 Å². The lowest BCUT2D eigenvalue weighted by Crippen LogP contribution is -2.56. The highest BCUT2D eigenvalue weighted by Gasteiger charge is 2.36. The fourth-order valence-electron chi connectivity index (χ4n) is 2.01. The van der Waals surface area contributed by atoms with Crippen molar-refractivity contribution >= 4 is 11.9 Å². The molecule has 128 valence electrons. The molecular weight excluding hydrogens is 314 g/mol. The predicted molar refractivity (Wildman–Crippen MR) is 84.0 cm³/mol. The number of tetrazole rings is 1. The number of nitrogens with one attached hydrogen (secondary N) is 1. The third-order valence-electron chi connectivity index (χ3n) is 3.49. The summed E-state index contributed by atoms with van der Waals surface area (Å²) in [6.07, 6.45) is 0. The number of nitrogens with zero attached hydrogens (tertiary/aromatic N) is 4. The molecule has 0 bridgehead atoms. The Kier molecular flexibility index (Phi) is 5.24. The van der Waals surface area contributed by atoms with Crippen LogP contribution in [0, 0.1) is 0 Å². The van der Waals surface area contributed by atoms with Crippen molar-refractivity contribution in [1.29, 1.82) is 0 Å². The number of aliphatic carboxylic acids is 1. The average molecular weight is 333 g/mol. The Morgan fingerprint density at radius 3 is 2.62 bits per heavy atom. The van der Waals surface area contributed by atoms with Gasteiger partial charge in [-0.15, -0.1) is 10.2 Å². The molecule has 0 saturated carbocycles. The second-order valence-corrected chi connectivity index (χ2v) is 5.53. The van der Waals surface area contributed by atoms with Crippen molar-refractivity contribution in [3.63, 3.8) is 0 Å². The maximum atomic E-state index is 12.3. The summed E-state index contributed by atoms with van der Waals surface area (Å²) in [6.45, 7) is 2.76. The van der Waals surface area contributed by atoms with Crippen LogP contribution in [0.1, 0.15) is 19.9 Å². The van der Waals surface area contributed by atoms with Crippen molar-refractivity contribution < 1.29 is 19.4 Å². The highest BCUT2D eigenvalue weighted by molar-refractivity contribution is 5.88. The number of methoxy groups -OCH3 is 1. The molecule has 2 N–H and O–H groups in total. The summed E-state index contributed by atoms with van der Waals surface area (Å²) in [5.74, 6) is -1.36. The number of aromatic nitrogens is 4. The predicted octanol–water partition coefficient (Wildman–Crippen LogP) is 0.507. The highest BCUT2D eigenvalue weighted by Crippen LogP contribution is 2.14. The molecule has 1 heterocycles. The third-order valence-corrected chi connectivity index (χ3v) is 3.49. The normalized spacial score (nSPS) is 14.6. The van der Waals surface area contributed by atoms with Crippen LogP contribution >= 0.6 is 0 Å². The number of carboxylic acid groups (broad SMARTS) is 1. The van der Waals surface area contributed by atoms with Gasteiger partial charge in [-0.1, -0.05) is 30.3 Å². The zero-order valence-electron chi connectivity index (χ0n) is 13.6. The second-order valence-electron chi connectivity index (χ2n) is 5.53. The van der Waals surface area contributed by atoms with E-state index < -0.39 is 23.5 Å². The molecule has 2 unspecified atom stereocenters. The van der Waals surface area contributed by atoms with E-state index in [1.807, 2.05) is 30.3 Å². The molecule has 0 radical (unpaired) electrons. The molecule has 2 atom stereocenters. The van der Waals surface area contributed by atoms with Gasteiger partial charge in [-0.2, -0.15) is 4.80 Å². The fourth-order valence-corrected chi connectivity index (χ4v) is 2.01. The molecule has 2 rings (SSSR count). The molecular formula is C15H19N5O4. The van der Waals surface area contributed by atoms with Gasteiger partial charge in [0.2, 0.25) is 11.7 Å². The first-order valence-electron chi connectivity index (χ1n) is 7.26. The standard InChI is InChI=1S/C15H19N5O4/c1-10(13(21)16-15(2,9-24-3)14(22)23)20-18-12(17-19-20)11-7-5-4-6-8-11/h4-8,10H,9H2,1-3H3,(H,16,21)(H,22,23). The van der Waals surface area contributed by atoms with E-state index in [4.69, 9.17) is 4.74 Å². The third kappa shape index (κ3) is 3.74. The maximum absolute atomic E-state index is 12.3. The van der Waals surface area contributed by atoms with Crippen molar-refractivity contribution in [2.75, 3.05) is 13.7 Å². The minimum absolute atomic E-state index is 0.166. The van der Waals surface area contributed by atoms with E-state index >= 15 is 0 Å². The van der Waals surface area contributed by atoms with E-state index in [1.54, 1.807) is 6.92 Å². The van der Waals surface area contributed by atoms with E-state index in [9.17, 15) is 14.7 Å². The van der Waals surface area contributed by atoms with Crippen LogP contribution in [0.3, 0.4) is 0 Å². The maximum Gasteiger partial charge on any atom is 0.331 e. The monoisotopic (exact) mass is 333 g/mol. The van der Waals surface area contributed by atoms with Gasteiger partial charge in [0, 0.05) is 12.7 Å². The number of carbonyl (C=O) groups is 2. The van der Waals surface area contributed by atoms with Crippen LogP contribution in [0.4, 0.5) is 0 Å². The first-order valence-corrected chi connectivity index (χ1v) is 7.26. The van der Waals surface area contributed by atoms with Gasteiger partial charge < -0.3 is 15.2 Å². The second kappa shape index (κ2) is 7.18. The van der Waals surface area contributed by atoms with Crippen molar-refractivity contribution in [1.82, 2.24) is 25.5 Å². The van der Waals surface area contributed by atoms with Crippen LogP contribution in [-0.2, 0) is 14.3 Å². The van der Waals surface area contributed by atoms with Crippen molar-refractivity contribution in [2.45, 2.75) is 25.4 Å². The summed E-state index contributed by atoms with van der Waals surface area (Å²) in [4.78, 5) is 24.8. The van der Waals surface area contributed by atoms with Crippen molar-refractivity contribution in [3.05, 3.63) is 30.3 Å². The van der Waals surface area contributed by atoms with Crippen LogP contribution in [0.25, 0.3) is 11.4 Å². The molecule has 2 aromatic rings. The van der Waals surface area contributed by atoms with Gasteiger partial charge in [0.15, 0.2) is 5.54 Å². The molecule has 0 aliphatic heterocycles. The Hall–Kier alpha value is -2.81. The first kappa shape index (κ1) is 17.5. The van der Waals surface area contributed by atoms with Gasteiger partial charge >= 0.3 is 5.97 Å².